The number of para-hydroxylation sites is 2. The van der Waals surface area contributed by atoms with E-state index in [1.165, 1.54) is 0 Å². The Kier molecular flexibility index (Phi) is 3.80. The van der Waals surface area contributed by atoms with Crippen molar-refractivity contribution < 1.29 is 0 Å². The summed E-state index contributed by atoms with van der Waals surface area (Å²) >= 11 is 0. The lowest BCUT2D eigenvalue weighted by molar-refractivity contribution is 0.542. The molecule has 0 aliphatic heterocycles. The Labute approximate surface area is 146 Å². The molecule has 0 radical (unpaired) electrons. The third kappa shape index (κ3) is 2.91. The third-order valence-corrected chi connectivity index (χ3v) is 4.36. The van der Waals surface area contributed by atoms with Crippen molar-refractivity contribution in [1.82, 2.24) is 29.7 Å². The number of hydrogen-bond donors (Lipinski definition) is 1. The maximum Gasteiger partial charge on any atom is 0.160 e. The fraction of sp³-hybridized carbons (Fsp3) is 0.263. The van der Waals surface area contributed by atoms with Crippen LogP contribution in [-0.4, -0.2) is 29.7 Å². The molecule has 3 aromatic heterocycles. The maximum atomic E-state index is 4.80. The van der Waals surface area contributed by atoms with Crippen LogP contribution in [0.5, 0.6) is 0 Å². The molecule has 6 heteroatoms. The summed E-state index contributed by atoms with van der Waals surface area (Å²) < 4.78 is 2.15. The molecule has 1 N–H and O–H groups in total. The van der Waals surface area contributed by atoms with E-state index in [1.807, 2.05) is 50.5 Å². The first-order chi connectivity index (χ1) is 12.1. The van der Waals surface area contributed by atoms with Crippen molar-refractivity contribution >= 4 is 11.0 Å². The van der Waals surface area contributed by atoms with Gasteiger partial charge >= 0.3 is 0 Å². The zero-order valence-electron chi connectivity index (χ0n) is 14.6. The van der Waals surface area contributed by atoms with Crippen molar-refractivity contribution in [2.45, 2.75) is 33.2 Å². The maximum absolute atomic E-state index is 4.80. The molecule has 1 atom stereocenters. The molecule has 0 amide bonds. The Bertz CT molecular complexity index is 1030. The van der Waals surface area contributed by atoms with Crippen LogP contribution in [0.1, 0.15) is 30.0 Å². The van der Waals surface area contributed by atoms with Crippen LogP contribution in [0.3, 0.4) is 0 Å². The van der Waals surface area contributed by atoms with E-state index in [0.29, 0.717) is 0 Å². The van der Waals surface area contributed by atoms with E-state index < -0.39 is 0 Å². The van der Waals surface area contributed by atoms with Gasteiger partial charge in [0, 0.05) is 30.6 Å². The first-order valence-electron chi connectivity index (χ1n) is 8.39. The minimum absolute atomic E-state index is 0.216. The molecule has 25 heavy (non-hydrogen) atoms. The summed E-state index contributed by atoms with van der Waals surface area (Å²) in [4.78, 5) is 14.0. The van der Waals surface area contributed by atoms with Crippen molar-refractivity contribution in [3.8, 4) is 11.5 Å². The molecule has 0 saturated heterocycles. The Morgan fingerprint density at radius 3 is 2.60 bits per heavy atom. The van der Waals surface area contributed by atoms with Crippen LogP contribution in [0, 0.1) is 13.8 Å². The fourth-order valence-electron chi connectivity index (χ4n) is 3.13. The summed E-state index contributed by atoms with van der Waals surface area (Å²) in [6.45, 7) is 6.16. The van der Waals surface area contributed by atoms with Crippen molar-refractivity contribution in [1.29, 1.82) is 0 Å². The predicted molar refractivity (Wildman–Crippen MR) is 97.2 cm³/mol. The van der Waals surface area contributed by atoms with E-state index >= 15 is 0 Å². The summed E-state index contributed by atoms with van der Waals surface area (Å²) in [6.07, 6.45) is 4.64. The monoisotopic (exact) mass is 332 g/mol. The Morgan fingerprint density at radius 1 is 1.12 bits per heavy atom. The largest absolute Gasteiger partial charge is 0.326 e. The molecule has 6 nitrogen and oxygen atoms in total. The standard InChI is InChI=1S/C19H20N6/c1-12-10-15(24-23-12)11-13(2)25-9-8-20-19(25)18-14(3)21-16-6-4-5-7-17(16)22-18/h4-10,13H,11H2,1-3H3,(H,23,24). The number of H-pyrrole nitrogens is 1. The van der Waals surface area contributed by atoms with Crippen molar-refractivity contribution in [3.63, 3.8) is 0 Å². The number of aryl methyl sites for hydroxylation is 2. The van der Waals surface area contributed by atoms with Gasteiger partial charge in [-0.05, 0) is 39.0 Å². The zero-order valence-corrected chi connectivity index (χ0v) is 14.6. The van der Waals surface area contributed by atoms with Crippen molar-refractivity contribution in [2.24, 2.45) is 0 Å². The molecule has 126 valence electrons. The van der Waals surface area contributed by atoms with E-state index in [2.05, 4.69) is 37.7 Å². The van der Waals surface area contributed by atoms with Crippen molar-refractivity contribution in [3.05, 3.63) is 59.8 Å². The van der Waals surface area contributed by atoms with Gasteiger partial charge in [-0.2, -0.15) is 5.10 Å². The number of fused-ring (bicyclic) bond motifs is 1. The zero-order chi connectivity index (χ0) is 17.4. The number of nitrogens with one attached hydrogen (secondary N) is 1. The van der Waals surface area contributed by atoms with Crippen molar-refractivity contribution in [2.75, 3.05) is 0 Å². The fourth-order valence-corrected chi connectivity index (χ4v) is 3.13. The van der Waals surface area contributed by atoms with Crippen LogP contribution in [0.25, 0.3) is 22.6 Å². The van der Waals surface area contributed by atoms with Gasteiger partial charge in [-0.15, -0.1) is 0 Å². The highest BCUT2D eigenvalue weighted by molar-refractivity contribution is 5.77. The molecule has 0 fully saturated rings. The first-order valence-corrected chi connectivity index (χ1v) is 8.39. The lowest BCUT2D eigenvalue weighted by Crippen LogP contribution is -2.11. The number of nitrogens with zero attached hydrogens (tertiary/aromatic N) is 5. The number of imidazole rings is 1. The Morgan fingerprint density at radius 2 is 1.88 bits per heavy atom. The molecular weight excluding hydrogens is 312 g/mol. The number of benzene rings is 1. The summed E-state index contributed by atoms with van der Waals surface area (Å²) in [5, 5.41) is 7.34. The highest BCUT2D eigenvalue weighted by atomic mass is 15.1. The molecule has 1 unspecified atom stereocenters. The summed E-state index contributed by atoms with van der Waals surface area (Å²) in [5.74, 6) is 0.843. The first kappa shape index (κ1) is 15.5. The Hall–Kier alpha value is -3.02. The quantitative estimate of drug-likeness (QED) is 0.619. The normalized spacial score (nSPS) is 12.6. The van der Waals surface area contributed by atoms with Gasteiger partial charge in [0.2, 0.25) is 0 Å². The van der Waals surface area contributed by atoms with E-state index in [4.69, 9.17) is 4.98 Å². The summed E-state index contributed by atoms with van der Waals surface area (Å²) in [6, 6.07) is 10.2. The average Bonchev–Trinajstić information content (AvgIpc) is 3.23. The minimum Gasteiger partial charge on any atom is -0.326 e. The van der Waals surface area contributed by atoms with Gasteiger partial charge < -0.3 is 4.57 Å². The van der Waals surface area contributed by atoms with Gasteiger partial charge in [0.05, 0.1) is 22.4 Å². The van der Waals surface area contributed by atoms with Crippen LogP contribution in [-0.2, 0) is 6.42 Å². The van der Waals surface area contributed by atoms with E-state index in [9.17, 15) is 0 Å². The van der Waals surface area contributed by atoms with Gasteiger partial charge in [-0.25, -0.2) is 15.0 Å². The smallest absolute Gasteiger partial charge is 0.160 e. The number of aromatic amines is 1. The molecule has 0 saturated carbocycles. The molecule has 3 heterocycles. The number of aromatic nitrogens is 6. The second-order valence-electron chi connectivity index (χ2n) is 6.40. The average molecular weight is 332 g/mol. The lowest BCUT2D eigenvalue weighted by atomic mass is 10.1. The second-order valence-corrected chi connectivity index (χ2v) is 6.40. The SMILES string of the molecule is Cc1cc(CC(C)n2ccnc2-c2nc3ccccc3nc2C)n[nH]1. The van der Waals surface area contributed by atoms with Crippen LogP contribution < -0.4 is 0 Å². The molecule has 0 aliphatic rings. The third-order valence-electron chi connectivity index (χ3n) is 4.36. The molecule has 0 bridgehead atoms. The van der Waals surface area contributed by atoms with Gasteiger partial charge in [0.25, 0.3) is 0 Å². The van der Waals surface area contributed by atoms with Gasteiger partial charge in [-0.3, -0.25) is 5.10 Å². The van der Waals surface area contributed by atoms with Crippen LogP contribution in [0.4, 0.5) is 0 Å². The minimum atomic E-state index is 0.216. The Balaban J connectivity index is 1.73. The van der Waals surface area contributed by atoms with Crippen LogP contribution in [0.15, 0.2) is 42.7 Å². The molecule has 0 spiro atoms. The van der Waals surface area contributed by atoms with Gasteiger partial charge in [0.1, 0.15) is 5.69 Å². The van der Waals surface area contributed by atoms with Crippen LogP contribution in [0.2, 0.25) is 0 Å². The number of rotatable bonds is 4. The molecule has 1 aromatic carbocycles. The molecular formula is C19H20N6. The van der Waals surface area contributed by atoms with E-state index in [-0.39, 0.29) is 6.04 Å². The van der Waals surface area contributed by atoms with Gasteiger partial charge in [0.15, 0.2) is 5.82 Å². The summed E-state index contributed by atoms with van der Waals surface area (Å²) in [5.41, 5.74) is 5.62. The lowest BCUT2D eigenvalue weighted by Gasteiger charge is -2.16. The van der Waals surface area contributed by atoms with Crippen LogP contribution >= 0.6 is 0 Å². The molecule has 4 aromatic rings. The van der Waals surface area contributed by atoms with Gasteiger partial charge in [-0.1, -0.05) is 12.1 Å². The number of hydrogen-bond acceptors (Lipinski definition) is 4. The molecule has 0 aliphatic carbocycles. The summed E-state index contributed by atoms with van der Waals surface area (Å²) in [7, 11) is 0. The topological polar surface area (TPSA) is 72.3 Å². The predicted octanol–water partition coefficient (Wildman–Crippen LogP) is 3.64. The highest BCUT2D eigenvalue weighted by Crippen LogP contribution is 2.25. The van der Waals surface area contributed by atoms with E-state index in [1.54, 1.807) is 0 Å². The molecule has 4 rings (SSSR count). The highest BCUT2D eigenvalue weighted by Gasteiger charge is 2.17. The second kappa shape index (κ2) is 6.12. The van der Waals surface area contributed by atoms with E-state index in [0.717, 1.165) is 46.1 Å².